The van der Waals surface area contributed by atoms with Gasteiger partial charge in [-0.2, -0.15) is 0 Å². The summed E-state index contributed by atoms with van der Waals surface area (Å²) in [5.74, 6) is 1.68. The molecule has 0 saturated carbocycles. The number of ketones is 1. The SMILES string of the molecule is COc1ccc(CC2(CO)COc3ccccc3C2=O)cc1OC. The van der Waals surface area contributed by atoms with E-state index in [1.54, 1.807) is 38.5 Å². The highest BCUT2D eigenvalue weighted by Gasteiger charge is 2.43. The van der Waals surface area contributed by atoms with E-state index >= 15 is 0 Å². The lowest BCUT2D eigenvalue weighted by atomic mass is 9.75. The van der Waals surface area contributed by atoms with Crippen LogP contribution in [0.25, 0.3) is 0 Å². The number of rotatable bonds is 5. The molecule has 2 aromatic rings. The van der Waals surface area contributed by atoms with E-state index in [-0.39, 0.29) is 19.0 Å². The first-order chi connectivity index (χ1) is 11.6. The number of methoxy groups -OCH3 is 2. The zero-order chi connectivity index (χ0) is 17.2. The number of hydrogen-bond donors (Lipinski definition) is 1. The Balaban J connectivity index is 1.94. The molecule has 0 bridgehead atoms. The molecule has 1 aliphatic heterocycles. The fourth-order valence-electron chi connectivity index (χ4n) is 3.03. The van der Waals surface area contributed by atoms with Gasteiger partial charge in [-0.25, -0.2) is 0 Å². The van der Waals surface area contributed by atoms with Gasteiger partial charge >= 0.3 is 0 Å². The zero-order valence-corrected chi connectivity index (χ0v) is 13.7. The fourth-order valence-corrected chi connectivity index (χ4v) is 3.03. The third kappa shape index (κ3) is 2.71. The van der Waals surface area contributed by atoms with Crippen LogP contribution >= 0.6 is 0 Å². The number of Topliss-reactive ketones (excluding diaryl/α,β-unsaturated/α-hetero) is 1. The molecule has 0 fully saturated rings. The van der Waals surface area contributed by atoms with Crippen molar-refractivity contribution in [2.75, 3.05) is 27.4 Å². The van der Waals surface area contributed by atoms with Gasteiger partial charge in [-0.3, -0.25) is 4.79 Å². The average Bonchev–Trinajstić information content (AvgIpc) is 2.64. The second kappa shape index (κ2) is 6.53. The second-order valence-electron chi connectivity index (χ2n) is 5.92. The van der Waals surface area contributed by atoms with Crippen LogP contribution in [0.1, 0.15) is 15.9 Å². The summed E-state index contributed by atoms with van der Waals surface area (Å²) in [7, 11) is 3.14. The van der Waals surface area contributed by atoms with Gasteiger partial charge in [0.2, 0.25) is 0 Å². The Bertz CT molecular complexity index is 755. The largest absolute Gasteiger partial charge is 0.493 e. The Morgan fingerprint density at radius 2 is 1.88 bits per heavy atom. The standard InChI is InChI=1S/C19H20O5/c1-22-16-8-7-13(9-17(16)23-2)10-19(11-20)12-24-15-6-4-3-5-14(15)18(19)21/h3-9,20H,10-12H2,1-2H3. The third-order valence-corrected chi connectivity index (χ3v) is 4.41. The summed E-state index contributed by atoms with van der Waals surface area (Å²) in [5, 5.41) is 9.97. The van der Waals surface area contributed by atoms with Crippen molar-refractivity contribution >= 4 is 5.78 Å². The van der Waals surface area contributed by atoms with Crippen molar-refractivity contribution < 1.29 is 24.1 Å². The molecular weight excluding hydrogens is 308 g/mol. The normalized spacial score (nSPS) is 19.4. The van der Waals surface area contributed by atoms with Gasteiger partial charge in [-0.05, 0) is 36.2 Å². The van der Waals surface area contributed by atoms with E-state index < -0.39 is 5.41 Å². The number of para-hydroxylation sites is 1. The molecule has 0 spiro atoms. The molecule has 5 heteroatoms. The van der Waals surface area contributed by atoms with Crippen LogP contribution in [0, 0.1) is 5.41 Å². The van der Waals surface area contributed by atoms with Crippen LogP contribution in [0.15, 0.2) is 42.5 Å². The third-order valence-electron chi connectivity index (χ3n) is 4.41. The topological polar surface area (TPSA) is 65.0 Å². The molecular formula is C19H20O5. The van der Waals surface area contributed by atoms with Crippen molar-refractivity contribution in [2.45, 2.75) is 6.42 Å². The van der Waals surface area contributed by atoms with Crippen molar-refractivity contribution in [3.05, 3.63) is 53.6 Å². The summed E-state index contributed by atoms with van der Waals surface area (Å²) in [6.45, 7) is -0.137. The van der Waals surface area contributed by atoms with E-state index in [1.807, 2.05) is 18.2 Å². The summed E-state index contributed by atoms with van der Waals surface area (Å²) in [5.41, 5.74) is 0.393. The second-order valence-corrected chi connectivity index (χ2v) is 5.92. The minimum Gasteiger partial charge on any atom is -0.493 e. The monoisotopic (exact) mass is 328 g/mol. The Hall–Kier alpha value is -2.53. The van der Waals surface area contributed by atoms with Gasteiger partial charge < -0.3 is 19.3 Å². The fraction of sp³-hybridized carbons (Fsp3) is 0.316. The Morgan fingerprint density at radius 3 is 2.58 bits per heavy atom. The predicted molar refractivity (Wildman–Crippen MR) is 89.0 cm³/mol. The lowest BCUT2D eigenvalue weighted by Crippen LogP contribution is -2.45. The average molecular weight is 328 g/mol. The maximum atomic E-state index is 13.0. The number of carbonyl (C=O) groups excluding carboxylic acids is 1. The van der Waals surface area contributed by atoms with Crippen molar-refractivity contribution in [3.63, 3.8) is 0 Å². The summed E-state index contributed by atoms with van der Waals surface area (Å²) in [6.07, 6.45) is 0.358. The molecule has 5 nitrogen and oxygen atoms in total. The van der Waals surface area contributed by atoms with Gasteiger partial charge in [0.25, 0.3) is 0 Å². The number of fused-ring (bicyclic) bond motifs is 1. The highest BCUT2D eigenvalue weighted by atomic mass is 16.5. The molecule has 0 aliphatic carbocycles. The first-order valence-electron chi connectivity index (χ1n) is 7.72. The smallest absolute Gasteiger partial charge is 0.178 e. The lowest BCUT2D eigenvalue weighted by molar-refractivity contribution is 0.0382. The number of aliphatic hydroxyl groups excluding tert-OH is 1. The summed E-state index contributed by atoms with van der Waals surface area (Å²) >= 11 is 0. The first-order valence-corrected chi connectivity index (χ1v) is 7.72. The van der Waals surface area contributed by atoms with Gasteiger partial charge in [0.05, 0.1) is 31.8 Å². The summed E-state index contributed by atoms with van der Waals surface area (Å²) in [4.78, 5) is 13.0. The number of benzene rings is 2. The molecule has 0 saturated heterocycles. The van der Waals surface area contributed by atoms with Crippen LogP contribution < -0.4 is 14.2 Å². The first kappa shape index (κ1) is 16.3. The maximum Gasteiger partial charge on any atom is 0.178 e. The zero-order valence-electron chi connectivity index (χ0n) is 13.7. The van der Waals surface area contributed by atoms with Crippen molar-refractivity contribution in [2.24, 2.45) is 5.41 Å². The van der Waals surface area contributed by atoms with Crippen molar-refractivity contribution in [1.29, 1.82) is 0 Å². The van der Waals surface area contributed by atoms with Crippen LogP contribution in [-0.2, 0) is 6.42 Å². The molecule has 0 amide bonds. The Labute approximate surface area is 140 Å². The van der Waals surface area contributed by atoms with Gasteiger partial charge in [-0.1, -0.05) is 18.2 Å². The van der Waals surface area contributed by atoms with E-state index in [4.69, 9.17) is 14.2 Å². The minimum absolute atomic E-state index is 0.0957. The molecule has 0 aromatic heterocycles. The lowest BCUT2D eigenvalue weighted by Gasteiger charge is -2.35. The van der Waals surface area contributed by atoms with Crippen molar-refractivity contribution in [3.8, 4) is 17.2 Å². The van der Waals surface area contributed by atoms with E-state index in [0.29, 0.717) is 29.2 Å². The molecule has 1 N–H and O–H groups in total. The van der Waals surface area contributed by atoms with Crippen LogP contribution in [-0.4, -0.2) is 38.3 Å². The Morgan fingerprint density at radius 1 is 1.12 bits per heavy atom. The molecule has 1 unspecified atom stereocenters. The van der Waals surface area contributed by atoms with Gasteiger partial charge in [0, 0.05) is 0 Å². The van der Waals surface area contributed by atoms with E-state index in [9.17, 15) is 9.90 Å². The highest BCUT2D eigenvalue weighted by molar-refractivity contribution is 6.04. The maximum absolute atomic E-state index is 13.0. The van der Waals surface area contributed by atoms with Gasteiger partial charge in [-0.15, -0.1) is 0 Å². The Kier molecular flexibility index (Phi) is 4.44. The van der Waals surface area contributed by atoms with Crippen LogP contribution in [0.2, 0.25) is 0 Å². The molecule has 0 radical (unpaired) electrons. The van der Waals surface area contributed by atoms with Crippen molar-refractivity contribution in [1.82, 2.24) is 0 Å². The van der Waals surface area contributed by atoms with Crippen LogP contribution in [0.3, 0.4) is 0 Å². The molecule has 2 aromatic carbocycles. The van der Waals surface area contributed by atoms with Gasteiger partial charge in [0.1, 0.15) is 12.4 Å². The molecule has 1 heterocycles. The van der Waals surface area contributed by atoms with E-state index in [1.165, 1.54) is 0 Å². The highest BCUT2D eigenvalue weighted by Crippen LogP contribution is 2.38. The number of ether oxygens (including phenoxy) is 3. The number of aliphatic hydroxyl groups is 1. The quantitative estimate of drug-likeness (QED) is 0.913. The number of hydrogen-bond acceptors (Lipinski definition) is 5. The molecule has 1 aliphatic rings. The van der Waals surface area contributed by atoms with E-state index in [0.717, 1.165) is 5.56 Å². The molecule has 3 rings (SSSR count). The number of carbonyl (C=O) groups is 1. The summed E-state index contributed by atoms with van der Waals surface area (Å²) < 4.78 is 16.3. The van der Waals surface area contributed by atoms with Crippen LogP contribution in [0.5, 0.6) is 17.2 Å². The molecule has 1 atom stereocenters. The summed E-state index contributed by atoms with van der Waals surface area (Å²) in [6, 6.07) is 12.6. The molecule has 24 heavy (non-hydrogen) atoms. The molecule has 126 valence electrons. The van der Waals surface area contributed by atoms with Crippen LogP contribution in [0.4, 0.5) is 0 Å². The predicted octanol–water partition coefficient (Wildman–Crippen LogP) is 2.50. The minimum atomic E-state index is -0.992. The van der Waals surface area contributed by atoms with E-state index in [2.05, 4.69) is 0 Å². The van der Waals surface area contributed by atoms with Gasteiger partial charge in [0.15, 0.2) is 17.3 Å².